The molecule has 19 heavy (non-hydrogen) atoms. The Hall–Kier alpha value is -1.55. The van der Waals surface area contributed by atoms with Gasteiger partial charge in [-0.1, -0.05) is 12.1 Å². The molecule has 0 bridgehead atoms. The molecule has 1 aromatic carbocycles. The lowest BCUT2D eigenvalue weighted by molar-refractivity contribution is -0.131. The second kappa shape index (κ2) is 5.61. The first-order valence-electron chi connectivity index (χ1n) is 6.72. The van der Waals surface area contributed by atoms with Crippen LogP contribution < -0.4 is 10.5 Å². The zero-order valence-electron chi connectivity index (χ0n) is 11.8. The standard InChI is InChI=1S/C15H22N2O2/c1-10-8-12(4-7-15(10)19-3)14-6-5-13(9-16)17(14)11(2)18/h4,7-8,13-14H,5-6,9,16H2,1-3H3. The third-order valence-electron chi connectivity index (χ3n) is 3.94. The molecule has 104 valence electrons. The minimum atomic E-state index is 0.103. The Kier molecular flexibility index (Phi) is 4.10. The van der Waals surface area contributed by atoms with Crippen LogP contribution in [0.15, 0.2) is 18.2 Å². The van der Waals surface area contributed by atoms with E-state index >= 15 is 0 Å². The number of benzene rings is 1. The SMILES string of the molecule is COc1ccc(C2CCC(CN)N2C(C)=O)cc1C. The molecule has 1 saturated heterocycles. The van der Waals surface area contributed by atoms with Crippen LogP contribution in [0.3, 0.4) is 0 Å². The summed E-state index contributed by atoms with van der Waals surface area (Å²) in [4.78, 5) is 13.8. The summed E-state index contributed by atoms with van der Waals surface area (Å²) in [6, 6.07) is 6.45. The lowest BCUT2D eigenvalue weighted by Gasteiger charge is -2.29. The number of carbonyl (C=O) groups excluding carboxylic acids is 1. The summed E-state index contributed by atoms with van der Waals surface area (Å²) < 4.78 is 5.28. The number of amides is 1. The van der Waals surface area contributed by atoms with Crippen molar-refractivity contribution < 1.29 is 9.53 Å². The van der Waals surface area contributed by atoms with Crippen molar-refractivity contribution in [2.75, 3.05) is 13.7 Å². The molecule has 2 rings (SSSR count). The van der Waals surface area contributed by atoms with E-state index < -0.39 is 0 Å². The second-order valence-electron chi connectivity index (χ2n) is 5.14. The molecule has 2 atom stereocenters. The molecule has 0 aromatic heterocycles. The van der Waals surface area contributed by atoms with Crippen LogP contribution in [0, 0.1) is 6.92 Å². The molecule has 2 unspecified atom stereocenters. The normalized spacial score (nSPS) is 22.6. The van der Waals surface area contributed by atoms with E-state index in [4.69, 9.17) is 10.5 Å². The van der Waals surface area contributed by atoms with Crippen molar-refractivity contribution in [1.82, 2.24) is 4.90 Å². The maximum Gasteiger partial charge on any atom is 0.220 e. The van der Waals surface area contributed by atoms with Gasteiger partial charge >= 0.3 is 0 Å². The smallest absolute Gasteiger partial charge is 0.220 e. The van der Waals surface area contributed by atoms with Gasteiger partial charge in [-0.3, -0.25) is 4.79 Å². The van der Waals surface area contributed by atoms with E-state index in [9.17, 15) is 4.79 Å². The van der Waals surface area contributed by atoms with E-state index in [1.807, 2.05) is 24.0 Å². The molecule has 4 heteroatoms. The van der Waals surface area contributed by atoms with Gasteiger partial charge in [0.15, 0.2) is 0 Å². The van der Waals surface area contributed by atoms with Gasteiger partial charge in [0.05, 0.1) is 13.2 Å². The number of hydrogen-bond donors (Lipinski definition) is 1. The third-order valence-corrected chi connectivity index (χ3v) is 3.94. The van der Waals surface area contributed by atoms with Crippen molar-refractivity contribution in [2.24, 2.45) is 5.73 Å². The van der Waals surface area contributed by atoms with E-state index in [1.165, 1.54) is 5.56 Å². The van der Waals surface area contributed by atoms with Gasteiger partial charge in [0.1, 0.15) is 5.75 Å². The minimum absolute atomic E-state index is 0.103. The van der Waals surface area contributed by atoms with Gasteiger partial charge in [0.2, 0.25) is 5.91 Å². The van der Waals surface area contributed by atoms with Crippen LogP contribution in [0.1, 0.15) is 36.9 Å². The maximum atomic E-state index is 11.9. The number of methoxy groups -OCH3 is 1. The van der Waals surface area contributed by atoms with E-state index in [0.717, 1.165) is 24.2 Å². The van der Waals surface area contributed by atoms with Gasteiger partial charge in [-0.15, -0.1) is 0 Å². The summed E-state index contributed by atoms with van der Waals surface area (Å²) in [5.74, 6) is 0.984. The highest BCUT2D eigenvalue weighted by Gasteiger charge is 2.35. The van der Waals surface area contributed by atoms with E-state index in [-0.39, 0.29) is 18.0 Å². The van der Waals surface area contributed by atoms with Gasteiger partial charge in [0.25, 0.3) is 0 Å². The molecular weight excluding hydrogens is 240 g/mol. The molecule has 1 aliphatic heterocycles. The molecule has 0 spiro atoms. The van der Waals surface area contributed by atoms with Crippen LogP contribution in [-0.4, -0.2) is 30.5 Å². The Morgan fingerprint density at radius 3 is 2.74 bits per heavy atom. The summed E-state index contributed by atoms with van der Waals surface area (Å²) in [7, 11) is 1.67. The Labute approximate surface area is 114 Å². The number of nitrogens with zero attached hydrogens (tertiary/aromatic N) is 1. The lowest BCUT2D eigenvalue weighted by atomic mass is 10.0. The summed E-state index contributed by atoms with van der Waals surface area (Å²) in [6.45, 7) is 4.18. The molecule has 1 aliphatic rings. The minimum Gasteiger partial charge on any atom is -0.496 e. The number of likely N-dealkylation sites (tertiary alicyclic amines) is 1. The molecule has 4 nitrogen and oxygen atoms in total. The average molecular weight is 262 g/mol. The quantitative estimate of drug-likeness (QED) is 0.906. The monoisotopic (exact) mass is 262 g/mol. The third kappa shape index (κ3) is 2.59. The molecule has 2 N–H and O–H groups in total. The van der Waals surface area contributed by atoms with E-state index in [1.54, 1.807) is 14.0 Å². The molecule has 1 aromatic rings. The zero-order valence-corrected chi connectivity index (χ0v) is 11.8. The fourth-order valence-corrected chi connectivity index (χ4v) is 3.03. The van der Waals surface area contributed by atoms with Crippen molar-refractivity contribution in [3.05, 3.63) is 29.3 Å². The fraction of sp³-hybridized carbons (Fsp3) is 0.533. The second-order valence-corrected chi connectivity index (χ2v) is 5.14. The summed E-state index contributed by atoms with van der Waals surface area (Å²) in [5.41, 5.74) is 8.03. The number of rotatable bonds is 3. The summed E-state index contributed by atoms with van der Waals surface area (Å²) in [6.07, 6.45) is 1.96. The number of ether oxygens (including phenoxy) is 1. The highest BCUT2D eigenvalue weighted by molar-refractivity contribution is 5.74. The Bertz CT molecular complexity index is 473. The first-order valence-corrected chi connectivity index (χ1v) is 6.72. The predicted molar refractivity (Wildman–Crippen MR) is 75.1 cm³/mol. The number of carbonyl (C=O) groups is 1. The van der Waals surface area contributed by atoms with Crippen molar-refractivity contribution in [2.45, 2.75) is 38.8 Å². The van der Waals surface area contributed by atoms with Gasteiger partial charge in [0, 0.05) is 19.5 Å². The van der Waals surface area contributed by atoms with Gasteiger partial charge < -0.3 is 15.4 Å². The van der Waals surface area contributed by atoms with Crippen LogP contribution in [0.4, 0.5) is 0 Å². The zero-order chi connectivity index (χ0) is 14.0. The first kappa shape index (κ1) is 13.9. The molecule has 0 saturated carbocycles. The Balaban J connectivity index is 2.30. The number of nitrogens with two attached hydrogens (primary N) is 1. The number of aryl methyl sites for hydroxylation is 1. The van der Waals surface area contributed by atoms with Crippen LogP contribution >= 0.6 is 0 Å². The van der Waals surface area contributed by atoms with Crippen molar-refractivity contribution in [3.63, 3.8) is 0 Å². The summed E-state index contributed by atoms with van der Waals surface area (Å²) in [5, 5.41) is 0. The highest BCUT2D eigenvalue weighted by atomic mass is 16.5. The summed E-state index contributed by atoms with van der Waals surface area (Å²) >= 11 is 0. The van der Waals surface area contributed by atoms with Crippen LogP contribution in [-0.2, 0) is 4.79 Å². The predicted octanol–water partition coefficient (Wildman–Crippen LogP) is 2.01. The molecule has 0 radical (unpaired) electrons. The lowest BCUT2D eigenvalue weighted by Crippen LogP contribution is -2.40. The van der Waals surface area contributed by atoms with Gasteiger partial charge in [-0.2, -0.15) is 0 Å². The largest absolute Gasteiger partial charge is 0.496 e. The van der Waals surface area contributed by atoms with E-state index in [2.05, 4.69) is 6.07 Å². The maximum absolute atomic E-state index is 11.9. The van der Waals surface area contributed by atoms with Crippen LogP contribution in [0.25, 0.3) is 0 Å². The van der Waals surface area contributed by atoms with Crippen molar-refractivity contribution in [1.29, 1.82) is 0 Å². The van der Waals surface area contributed by atoms with E-state index in [0.29, 0.717) is 6.54 Å². The fourth-order valence-electron chi connectivity index (χ4n) is 3.03. The molecule has 1 fully saturated rings. The average Bonchev–Trinajstić information content (AvgIpc) is 2.82. The molecule has 0 aliphatic carbocycles. The Morgan fingerprint density at radius 2 is 2.21 bits per heavy atom. The van der Waals surface area contributed by atoms with Gasteiger partial charge in [-0.25, -0.2) is 0 Å². The first-order chi connectivity index (χ1) is 9.08. The van der Waals surface area contributed by atoms with Crippen LogP contribution in [0.5, 0.6) is 5.75 Å². The van der Waals surface area contributed by atoms with Gasteiger partial charge in [-0.05, 0) is 37.0 Å². The van der Waals surface area contributed by atoms with Crippen molar-refractivity contribution >= 4 is 5.91 Å². The topological polar surface area (TPSA) is 55.6 Å². The van der Waals surface area contributed by atoms with Crippen LogP contribution in [0.2, 0.25) is 0 Å². The molecule has 1 heterocycles. The van der Waals surface area contributed by atoms with Crippen molar-refractivity contribution in [3.8, 4) is 5.75 Å². The Morgan fingerprint density at radius 1 is 1.47 bits per heavy atom. The highest BCUT2D eigenvalue weighted by Crippen LogP contribution is 2.37. The molecule has 1 amide bonds. The number of hydrogen-bond acceptors (Lipinski definition) is 3. The molecular formula is C15H22N2O2.